The van der Waals surface area contributed by atoms with Gasteiger partial charge in [0, 0.05) is 11.6 Å². The van der Waals surface area contributed by atoms with Gasteiger partial charge in [-0.3, -0.25) is 19.7 Å². The van der Waals surface area contributed by atoms with E-state index >= 15 is 0 Å². The van der Waals surface area contributed by atoms with Gasteiger partial charge in [0.2, 0.25) is 11.6 Å². The number of carbonyl (C=O) groups excluding carboxylic acids is 2. The zero-order valence-electron chi connectivity index (χ0n) is 10.1. The zero-order valence-corrected chi connectivity index (χ0v) is 10.1. The Bertz CT molecular complexity index is 694. The summed E-state index contributed by atoms with van der Waals surface area (Å²) < 4.78 is 0. The summed E-state index contributed by atoms with van der Waals surface area (Å²) >= 11 is 0. The summed E-state index contributed by atoms with van der Waals surface area (Å²) in [5, 5.41) is 20.2. The largest absolute Gasteiger partial charge is 0.507 e. The molecule has 0 fully saturated rings. The Morgan fingerprint density at radius 2 is 1.65 bits per heavy atom. The number of rotatable bonds is 4. The van der Waals surface area contributed by atoms with Gasteiger partial charge in [0.05, 0.1) is 16.6 Å². The Morgan fingerprint density at radius 1 is 1.00 bits per heavy atom. The first kappa shape index (κ1) is 13.4. The standard InChI is InChI=1S/C14H9NO5/c16-12-8-10(15(19)20)6-7-11(12)14(18)13(17)9-4-2-1-3-5-9/h1-8,16H. The van der Waals surface area contributed by atoms with E-state index in [1.165, 1.54) is 12.1 Å². The fourth-order valence-corrected chi connectivity index (χ4v) is 1.67. The quantitative estimate of drug-likeness (QED) is 0.398. The molecule has 2 aromatic rings. The SMILES string of the molecule is O=C(C(=O)c1ccc([N+](=O)[O-])cc1O)c1ccccc1. The first-order valence-corrected chi connectivity index (χ1v) is 5.62. The molecule has 20 heavy (non-hydrogen) atoms. The number of phenols is 1. The van der Waals surface area contributed by atoms with Crippen molar-refractivity contribution in [1.82, 2.24) is 0 Å². The second-order valence-electron chi connectivity index (χ2n) is 3.98. The molecule has 2 rings (SSSR count). The van der Waals surface area contributed by atoms with E-state index in [-0.39, 0.29) is 16.8 Å². The second-order valence-corrected chi connectivity index (χ2v) is 3.98. The number of ketones is 2. The van der Waals surface area contributed by atoms with Gasteiger partial charge in [-0.1, -0.05) is 30.3 Å². The molecule has 0 aliphatic carbocycles. The van der Waals surface area contributed by atoms with Crippen LogP contribution in [0.2, 0.25) is 0 Å². The van der Waals surface area contributed by atoms with Crippen LogP contribution < -0.4 is 0 Å². The Balaban J connectivity index is 2.35. The Morgan fingerprint density at radius 3 is 2.20 bits per heavy atom. The van der Waals surface area contributed by atoms with Crippen molar-refractivity contribution >= 4 is 17.3 Å². The number of nitro groups is 1. The lowest BCUT2D eigenvalue weighted by molar-refractivity contribution is -0.384. The smallest absolute Gasteiger partial charge is 0.273 e. The van der Waals surface area contributed by atoms with Crippen LogP contribution in [0, 0.1) is 10.1 Å². The number of carbonyl (C=O) groups is 2. The highest BCUT2D eigenvalue weighted by atomic mass is 16.6. The van der Waals surface area contributed by atoms with E-state index in [0.717, 1.165) is 18.2 Å². The van der Waals surface area contributed by atoms with Gasteiger partial charge in [0.1, 0.15) is 5.75 Å². The lowest BCUT2D eigenvalue weighted by Gasteiger charge is -2.03. The van der Waals surface area contributed by atoms with E-state index in [9.17, 15) is 24.8 Å². The van der Waals surface area contributed by atoms with E-state index in [0.29, 0.717) is 0 Å². The molecule has 1 N–H and O–H groups in total. The molecule has 0 saturated carbocycles. The molecule has 0 aliphatic heterocycles. The van der Waals surface area contributed by atoms with Crippen LogP contribution in [0.3, 0.4) is 0 Å². The van der Waals surface area contributed by atoms with E-state index in [1.807, 2.05) is 0 Å². The van der Waals surface area contributed by atoms with Gasteiger partial charge in [0.25, 0.3) is 5.69 Å². The van der Waals surface area contributed by atoms with Gasteiger partial charge in [0.15, 0.2) is 0 Å². The maximum absolute atomic E-state index is 12.0. The van der Waals surface area contributed by atoms with Crippen LogP contribution in [0.15, 0.2) is 48.5 Å². The predicted octanol–water partition coefficient (Wildman–Crippen LogP) is 2.37. The van der Waals surface area contributed by atoms with Crippen LogP contribution in [0.1, 0.15) is 20.7 Å². The highest BCUT2D eigenvalue weighted by molar-refractivity contribution is 6.49. The van der Waals surface area contributed by atoms with Crippen molar-refractivity contribution in [2.24, 2.45) is 0 Å². The minimum atomic E-state index is -0.913. The van der Waals surface area contributed by atoms with E-state index in [2.05, 4.69) is 0 Å². The fraction of sp³-hybridized carbons (Fsp3) is 0. The molecule has 100 valence electrons. The van der Waals surface area contributed by atoms with Crippen molar-refractivity contribution in [3.05, 3.63) is 69.8 Å². The average molecular weight is 271 g/mol. The van der Waals surface area contributed by atoms with Gasteiger partial charge in [-0.05, 0) is 6.07 Å². The number of aromatic hydroxyl groups is 1. The molecule has 0 spiro atoms. The Labute approximate surface area is 113 Å². The molecule has 0 amide bonds. The van der Waals surface area contributed by atoms with Gasteiger partial charge >= 0.3 is 0 Å². The average Bonchev–Trinajstić information content (AvgIpc) is 2.46. The molecule has 0 aromatic heterocycles. The first-order valence-electron chi connectivity index (χ1n) is 5.62. The maximum atomic E-state index is 12.0. The molecular formula is C14H9NO5. The van der Waals surface area contributed by atoms with Gasteiger partial charge < -0.3 is 5.11 Å². The highest BCUT2D eigenvalue weighted by Gasteiger charge is 2.22. The number of non-ortho nitro benzene ring substituents is 1. The summed E-state index contributed by atoms with van der Waals surface area (Å²) in [5.74, 6) is -2.29. The van der Waals surface area contributed by atoms with Crippen molar-refractivity contribution in [3.63, 3.8) is 0 Å². The minimum Gasteiger partial charge on any atom is -0.507 e. The van der Waals surface area contributed by atoms with Crippen LogP contribution in [-0.4, -0.2) is 21.6 Å². The number of hydrogen-bond acceptors (Lipinski definition) is 5. The van der Waals surface area contributed by atoms with Crippen molar-refractivity contribution in [2.45, 2.75) is 0 Å². The van der Waals surface area contributed by atoms with Gasteiger partial charge in [-0.25, -0.2) is 0 Å². The number of Topliss-reactive ketones (excluding diaryl/α,β-unsaturated/α-hetero) is 2. The molecule has 0 saturated heterocycles. The number of nitro benzene ring substituents is 1. The molecule has 0 heterocycles. The van der Waals surface area contributed by atoms with E-state index < -0.39 is 22.2 Å². The van der Waals surface area contributed by atoms with Crippen molar-refractivity contribution < 1.29 is 19.6 Å². The zero-order chi connectivity index (χ0) is 14.7. The lowest BCUT2D eigenvalue weighted by Crippen LogP contribution is -2.14. The summed E-state index contributed by atoms with van der Waals surface area (Å²) in [4.78, 5) is 33.7. The number of nitrogens with zero attached hydrogens (tertiary/aromatic N) is 1. The van der Waals surface area contributed by atoms with Gasteiger partial charge in [-0.2, -0.15) is 0 Å². The topological polar surface area (TPSA) is 97.5 Å². The van der Waals surface area contributed by atoms with Gasteiger partial charge in [-0.15, -0.1) is 0 Å². The number of hydrogen-bond donors (Lipinski definition) is 1. The molecule has 0 atom stereocenters. The highest BCUT2D eigenvalue weighted by Crippen LogP contribution is 2.24. The van der Waals surface area contributed by atoms with E-state index in [4.69, 9.17) is 0 Å². The fourth-order valence-electron chi connectivity index (χ4n) is 1.67. The summed E-state index contributed by atoms with van der Waals surface area (Å²) in [6.07, 6.45) is 0. The molecule has 6 nitrogen and oxygen atoms in total. The third-order valence-corrected chi connectivity index (χ3v) is 2.68. The molecule has 6 heteroatoms. The third kappa shape index (κ3) is 2.54. The van der Waals surface area contributed by atoms with E-state index in [1.54, 1.807) is 18.2 Å². The Hall–Kier alpha value is -3.02. The van der Waals surface area contributed by atoms with Crippen LogP contribution in [0.4, 0.5) is 5.69 Å². The monoisotopic (exact) mass is 271 g/mol. The molecule has 0 bridgehead atoms. The van der Waals surface area contributed by atoms with Crippen LogP contribution in [-0.2, 0) is 0 Å². The number of benzene rings is 2. The van der Waals surface area contributed by atoms with Crippen LogP contribution >= 0.6 is 0 Å². The molecular weight excluding hydrogens is 262 g/mol. The first-order chi connectivity index (χ1) is 9.50. The molecule has 2 aromatic carbocycles. The Kier molecular flexibility index (Phi) is 3.56. The second kappa shape index (κ2) is 5.31. The number of phenolic OH excluding ortho intramolecular Hbond substituents is 1. The van der Waals surface area contributed by atoms with Crippen LogP contribution in [0.25, 0.3) is 0 Å². The summed E-state index contributed by atoms with van der Waals surface area (Å²) in [6.45, 7) is 0. The van der Waals surface area contributed by atoms with Crippen LogP contribution in [0.5, 0.6) is 5.75 Å². The van der Waals surface area contributed by atoms with Crippen molar-refractivity contribution in [1.29, 1.82) is 0 Å². The predicted molar refractivity (Wildman–Crippen MR) is 69.9 cm³/mol. The third-order valence-electron chi connectivity index (χ3n) is 2.68. The normalized spacial score (nSPS) is 10.0. The van der Waals surface area contributed by atoms with Crippen molar-refractivity contribution in [2.75, 3.05) is 0 Å². The molecule has 0 radical (unpaired) electrons. The minimum absolute atomic E-state index is 0.190. The molecule has 0 aliphatic rings. The lowest BCUT2D eigenvalue weighted by atomic mass is 10.0. The maximum Gasteiger partial charge on any atom is 0.273 e. The summed E-state index contributed by atoms with van der Waals surface area (Å²) in [6, 6.07) is 10.8. The summed E-state index contributed by atoms with van der Waals surface area (Å²) in [5.41, 5.74) is -0.425. The summed E-state index contributed by atoms with van der Waals surface area (Å²) in [7, 11) is 0. The molecule has 0 unspecified atom stereocenters. The van der Waals surface area contributed by atoms with Crippen molar-refractivity contribution in [3.8, 4) is 5.75 Å².